The third kappa shape index (κ3) is 4.84. The highest BCUT2D eigenvalue weighted by Crippen LogP contribution is 2.63. The van der Waals surface area contributed by atoms with E-state index in [1.165, 1.54) is 12.1 Å². The lowest BCUT2D eigenvalue weighted by Crippen LogP contribution is -2.16. The molecule has 1 aliphatic rings. The van der Waals surface area contributed by atoms with Gasteiger partial charge in [-0.05, 0) is 29.8 Å². The number of ether oxygens (including phenoxy) is 2. The summed E-state index contributed by atoms with van der Waals surface area (Å²) in [4.78, 5) is 0.400. The second-order valence-corrected chi connectivity index (χ2v) is 11.8. The maximum absolute atomic E-state index is 13.3. The largest absolute Gasteiger partial charge is 0.493 e. The first kappa shape index (κ1) is 22.8. The summed E-state index contributed by atoms with van der Waals surface area (Å²) < 4.78 is 59.4. The summed E-state index contributed by atoms with van der Waals surface area (Å²) in [5.74, 6) is 0.104. The van der Waals surface area contributed by atoms with Crippen molar-refractivity contribution in [2.75, 3.05) is 19.0 Å². The van der Waals surface area contributed by atoms with Gasteiger partial charge < -0.3 is 9.47 Å². The van der Waals surface area contributed by atoms with Gasteiger partial charge in [0.05, 0.1) is 35.4 Å². The zero-order valence-electron chi connectivity index (χ0n) is 17.5. The maximum Gasteiger partial charge on any atom is 0.187 e. The molecule has 3 aromatic carbocycles. The second-order valence-electron chi connectivity index (χ2n) is 7.59. The molecule has 1 atom stereocenters. The van der Waals surface area contributed by atoms with Crippen LogP contribution in [0.1, 0.15) is 22.8 Å². The van der Waals surface area contributed by atoms with Gasteiger partial charge in [-0.2, -0.15) is 10.6 Å². The Morgan fingerprint density at radius 2 is 1.56 bits per heavy atom. The van der Waals surface area contributed by atoms with Crippen LogP contribution in [0.5, 0.6) is 5.75 Å². The Balaban J connectivity index is 1.46. The first-order valence-electron chi connectivity index (χ1n) is 10.3. The quantitative estimate of drug-likeness (QED) is 0.408. The number of rotatable bonds is 9. The van der Waals surface area contributed by atoms with E-state index >= 15 is 0 Å². The molecule has 2 N–H and O–H groups in total. The molecule has 1 heterocycles. The van der Waals surface area contributed by atoms with Gasteiger partial charge >= 0.3 is 0 Å². The van der Waals surface area contributed by atoms with Gasteiger partial charge in [-0.25, -0.2) is 8.42 Å². The van der Waals surface area contributed by atoms with E-state index in [1.807, 2.05) is 30.3 Å². The predicted octanol–water partition coefficient (Wildman–Crippen LogP) is 5.31. The molecule has 0 bridgehead atoms. The smallest absolute Gasteiger partial charge is 0.187 e. The van der Waals surface area contributed by atoms with Gasteiger partial charge in [0.15, 0.2) is 9.84 Å². The van der Waals surface area contributed by atoms with E-state index in [4.69, 9.17) is 9.47 Å². The molecule has 32 heavy (non-hydrogen) atoms. The minimum atomic E-state index is -3.82. The number of fused-ring (bicyclic) bond motifs is 1. The predicted molar refractivity (Wildman–Crippen MR) is 125 cm³/mol. The fourth-order valence-electron chi connectivity index (χ4n) is 3.76. The molecule has 0 fully saturated rings. The van der Waals surface area contributed by atoms with Crippen molar-refractivity contribution in [2.24, 2.45) is 0 Å². The van der Waals surface area contributed by atoms with Gasteiger partial charge in [-0.15, -0.1) is 0 Å². The Morgan fingerprint density at radius 3 is 2.28 bits per heavy atom. The molecular weight excluding hydrogens is 448 g/mol. The lowest BCUT2D eigenvalue weighted by atomic mass is 10.1. The molecule has 3 aromatic rings. The fourth-order valence-corrected chi connectivity index (χ4v) is 8.20. The molecule has 4 rings (SSSR count). The monoisotopic (exact) mass is 474 g/mol. The number of hydrogen-bond acceptors (Lipinski definition) is 6. The summed E-state index contributed by atoms with van der Waals surface area (Å²) in [6, 6.07) is 22.9. The van der Waals surface area contributed by atoms with Gasteiger partial charge in [0.1, 0.15) is 11.0 Å². The van der Waals surface area contributed by atoms with E-state index in [2.05, 4.69) is 0 Å². The maximum atomic E-state index is 13.3. The van der Waals surface area contributed by atoms with Crippen molar-refractivity contribution in [1.29, 1.82) is 0 Å². The van der Waals surface area contributed by atoms with Crippen LogP contribution in [0.3, 0.4) is 0 Å². The van der Waals surface area contributed by atoms with Gasteiger partial charge in [0.25, 0.3) is 0 Å². The summed E-state index contributed by atoms with van der Waals surface area (Å²) in [7, 11) is -7.04. The zero-order chi connectivity index (χ0) is 22.6. The van der Waals surface area contributed by atoms with Crippen LogP contribution in [0.25, 0.3) is 0 Å². The molecule has 0 saturated heterocycles. The van der Waals surface area contributed by atoms with Crippen molar-refractivity contribution >= 4 is 20.4 Å². The summed E-state index contributed by atoms with van der Waals surface area (Å²) in [5.41, 5.74) is 1.44. The molecule has 1 aliphatic heterocycles. The molecule has 0 aromatic heterocycles. The van der Waals surface area contributed by atoms with Crippen molar-refractivity contribution in [2.45, 2.75) is 28.1 Å². The highest BCUT2D eigenvalue weighted by atomic mass is 32.3. The molecule has 170 valence electrons. The Labute approximate surface area is 190 Å². The molecule has 0 spiro atoms. The van der Waals surface area contributed by atoms with Gasteiger partial charge in [0, 0.05) is 12.0 Å². The highest BCUT2D eigenvalue weighted by molar-refractivity contribution is 8.25. The topological polar surface area (TPSA) is 93.1 Å². The van der Waals surface area contributed by atoms with Crippen LogP contribution < -0.4 is 4.74 Å². The summed E-state index contributed by atoms with van der Waals surface area (Å²) in [6.07, 6.45) is 0.614. The lowest BCUT2D eigenvalue weighted by Gasteiger charge is -2.27. The zero-order valence-corrected chi connectivity index (χ0v) is 19.1. The molecule has 0 amide bonds. The Hall–Kier alpha value is -2.36. The third-order valence-electron chi connectivity index (χ3n) is 5.33. The van der Waals surface area contributed by atoms with Crippen molar-refractivity contribution in [1.82, 2.24) is 0 Å². The lowest BCUT2D eigenvalue weighted by molar-refractivity contribution is 0.107. The molecular formula is C24H26O6S2. The fraction of sp³-hybridized carbons (Fsp3) is 0.250. The molecule has 0 aliphatic carbocycles. The third-order valence-corrected chi connectivity index (χ3v) is 9.48. The Morgan fingerprint density at radius 1 is 0.875 bits per heavy atom. The molecule has 0 radical (unpaired) electrons. The SMILES string of the molecule is O=S(=O)(c1ccccc1)C1CS(O)(O)c2cccc(OCCCOCc3ccccc3)c21. The number of sulfone groups is 1. The van der Waals surface area contributed by atoms with Crippen LogP contribution in [0, 0.1) is 0 Å². The minimum absolute atomic E-state index is 0.150. The summed E-state index contributed by atoms with van der Waals surface area (Å²) in [6.45, 7) is 1.33. The van der Waals surface area contributed by atoms with Crippen LogP contribution in [0.2, 0.25) is 0 Å². The highest BCUT2D eigenvalue weighted by Gasteiger charge is 2.45. The first-order valence-corrected chi connectivity index (χ1v) is 13.6. The van der Waals surface area contributed by atoms with Crippen LogP contribution in [0.15, 0.2) is 88.7 Å². The second kappa shape index (κ2) is 9.64. The standard InChI is InChI=1S/C24H26O6S2/c25-31(26)18-23(32(27,28)20-11-5-2-6-12-20)24-21(13-7-14-22(24)31)30-16-8-15-29-17-19-9-3-1-4-10-19/h1-7,9-14,23,25-26H,8,15-18H2. The van der Waals surface area contributed by atoms with Crippen molar-refractivity contribution in [3.05, 3.63) is 90.0 Å². The molecule has 1 unspecified atom stereocenters. The van der Waals surface area contributed by atoms with E-state index in [0.717, 1.165) is 5.56 Å². The minimum Gasteiger partial charge on any atom is -0.493 e. The van der Waals surface area contributed by atoms with Crippen molar-refractivity contribution < 1.29 is 27.0 Å². The van der Waals surface area contributed by atoms with E-state index in [0.29, 0.717) is 37.6 Å². The first-order chi connectivity index (χ1) is 15.4. The van der Waals surface area contributed by atoms with Crippen LogP contribution in [-0.2, 0) is 21.2 Å². The van der Waals surface area contributed by atoms with Gasteiger partial charge in [0.2, 0.25) is 0 Å². The summed E-state index contributed by atoms with van der Waals surface area (Å²) in [5, 5.41) is -1.07. The van der Waals surface area contributed by atoms with E-state index in [-0.39, 0.29) is 15.5 Å². The van der Waals surface area contributed by atoms with Crippen LogP contribution in [-0.4, -0.2) is 36.5 Å². The number of hydrogen-bond donors (Lipinski definition) is 2. The van der Waals surface area contributed by atoms with E-state index in [1.54, 1.807) is 36.4 Å². The van der Waals surface area contributed by atoms with Crippen LogP contribution in [0.4, 0.5) is 0 Å². The van der Waals surface area contributed by atoms with E-state index in [9.17, 15) is 17.5 Å². The molecule has 8 heteroatoms. The van der Waals surface area contributed by atoms with Crippen molar-refractivity contribution in [3.63, 3.8) is 0 Å². The molecule has 6 nitrogen and oxygen atoms in total. The Bertz CT molecular complexity index is 1150. The van der Waals surface area contributed by atoms with E-state index < -0.39 is 25.7 Å². The normalized spacial score (nSPS) is 18.1. The van der Waals surface area contributed by atoms with Crippen molar-refractivity contribution in [3.8, 4) is 5.75 Å². The Kier molecular flexibility index (Phi) is 6.88. The van der Waals surface area contributed by atoms with Gasteiger partial charge in [-0.1, -0.05) is 54.6 Å². The number of benzene rings is 3. The average molecular weight is 475 g/mol. The summed E-state index contributed by atoms with van der Waals surface area (Å²) >= 11 is 0. The van der Waals surface area contributed by atoms with Gasteiger partial charge in [-0.3, -0.25) is 9.11 Å². The average Bonchev–Trinajstić information content (AvgIpc) is 3.10. The van der Waals surface area contributed by atoms with Crippen LogP contribution >= 0.6 is 10.6 Å². The molecule has 0 saturated carbocycles.